The van der Waals surface area contributed by atoms with Crippen LogP contribution in [0.1, 0.15) is 35.7 Å². The van der Waals surface area contributed by atoms with Crippen molar-refractivity contribution < 1.29 is 0 Å². The first kappa shape index (κ1) is 17.1. The summed E-state index contributed by atoms with van der Waals surface area (Å²) in [5.74, 6) is 0.535. The smallest absolute Gasteiger partial charge is 0.137 e. The molecule has 4 aromatic rings. The second kappa shape index (κ2) is 7.20. The quantitative estimate of drug-likeness (QED) is 0.567. The van der Waals surface area contributed by atoms with Gasteiger partial charge in [-0.3, -0.25) is 15.0 Å². The van der Waals surface area contributed by atoms with Gasteiger partial charge in [0, 0.05) is 47.7 Å². The van der Waals surface area contributed by atoms with Crippen molar-refractivity contribution in [1.82, 2.24) is 30.0 Å². The molecule has 6 heteroatoms. The van der Waals surface area contributed by atoms with Crippen LogP contribution in [0.4, 0.5) is 0 Å². The summed E-state index contributed by atoms with van der Waals surface area (Å²) < 4.78 is 0. The van der Waals surface area contributed by atoms with Gasteiger partial charge in [0.25, 0.3) is 0 Å². The minimum atomic E-state index is 0.535. The zero-order valence-electron chi connectivity index (χ0n) is 16.0. The van der Waals surface area contributed by atoms with Crippen LogP contribution in [0.25, 0.3) is 22.3 Å². The van der Waals surface area contributed by atoms with Gasteiger partial charge in [0.2, 0.25) is 0 Å². The topological polar surface area (TPSA) is 73.5 Å². The van der Waals surface area contributed by atoms with Crippen molar-refractivity contribution in [1.29, 1.82) is 0 Å². The molecule has 0 unspecified atom stereocenters. The van der Waals surface area contributed by atoms with Crippen molar-refractivity contribution in [3.63, 3.8) is 0 Å². The molecule has 1 fully saturated rings. The Labute approximate surface area is 164 Å². The molecule has 0 atom stereocenters. The summed E-state index contributed by atoms with van der Waals surface area (Å²) in [4.78, 5) is 14.7. The highest BCUT2D eigenvalue weighted by molar-refractivity contribution is 5.75. The van der Waals surface area contributed by atoms with Gasteiger partial charge >= 0.3 is 0 Å². The maximum Gasteiger partial charge on any atom is 0.137 e. The molecule has 0 radical (unpaired) electrons. The van der Waals surface area contributed by atoms with Gasteiger partial charge in [-0.05, 0) is 68.8 Å². The molecule has 5 heterocycles. The van der Waals surface area contributed by atoms with Gasteiger partial charge in [-0.25, -0.2) is 4.98 Å². The summed E-state index contributed by atoms with van der Waals surface area (Å²) in [6.45, 7) is 5.16. The molecule has 4 aromatic heterocycles. The van der Waals surface area contributed by atoms with Crippen LogP contribution in [0.15, 0.2) is 48.9 Å². The Kier molecular flexibility index (Phi) is 4.41. The third kappa shape index (κ3) is 3.31. The molecule has 5 rings (SSSR count). The number of rotatable bonds is 4. The molecule has 0 amide bonds. The molecule has 1 saturated heterocycles. The zero-order chi connectivity index (χ0) is 18.9. The van der Waals surface area contributed by atoms with E-state index in [1.54, 1.807) is 0 Å². The summed E-state index contributed by atoms with van der Waals surface area (Å²) in [6.07, 6.45) is 7.94. The number of aromatic nitrogens is 5. The summed E-state index contributed by atoms with van der Waals surface area (Å²) in [7, 11) is 0. The third-order valence-corrected chi connectivity index (χ3v) is 5.79. The number of fused-ring (bicyclic) bond motifs is 1. The van der Waals surface area contributed by atoms with E-state index in [0.717, 1.165) is 55.1 Å². The van der Waals surface area contributed by atoms with Gasteiger partial charge in [0.1, 0.15) is 5.65 Å². The second-order valence-corrected chi connectivity index (χ2v) is 7.67. The van der Waals surface area contributed by atoms with Gasteiger partial charge in [0.15, 0.2) is 0 Å². The molecule has 28 heavy (non-hydrogen) atoms. The lowest BCUT2D eigenvalue weighted by atomic mass is 9.93. The fourth-order valence-corrected chi connectivity index (χ4v) is 4.11. The van der Waals surface area contributed by atoms with Crippen LogP contribution in [0.5, 0.6) is 0 Å². The van der Waals surface area contributed by atoms with Crippen molar-refractivity contribution in [2.24, 2.45) is 0 Å². The van der Waals surface area contributed by atoms with Crippen LogP contribution >= 0.6 is 0 Å². The van der Waals surface area contributed by atoms with Gasteiger partial charge in [-0.1, -0.05) is 0 Å². The maximum absolute atomic E-state index is 4.73. The molecule has 142 valence electrons. The van der Waals surface area contributed by atoms with Gasteiger partial charge in [0.05, 0.1) is 11.4 Å². The summed E-state index contributed by atoms with van der Waals surface area (Å²) in [5.41, 5.74) is 6.64. The van der Waals surface area contributed by atoms with Crippen molar-refractivity contribution in [2.75, 3.05) is 13.1 Å². The number of nitrogens with zero attached hydrogens (tertiary/aromatic N) is 4. The van der Waals surface area contributed by atoms with Crippen LogP contribution in [-0.2, 0) is 6.54 Å². The second-order valence-electron chi connectivity index (χ2n) is 7.67. The Morgan fingerprint density at radius 2 is 2.04 bits per heavy atom. The monoisotopic (exact) mass is 372 g/mol. The van der Waals surface area contributed by atoms with Gasteiger partial charge in [-0.2, -0.15) is 5.10 Å². The van der Waals surface area contributed by atoms with E-state index in [-0.39, 0.29) is 0 Å². The molecule has 1 aliphatic rings. The number of pyridine rings is 2. The van der Waals surface area contributed by atoms with E-state index < -0.39 is 0 Å². The average molecular weight is 372 g/mol. The molecule has 0 spiro atoms. The average Bonchev–Trinajstić information content (AvgIpc) is 3.38. The molecule has 0 bridgehead atoms. The number of hydrogen-bond donors (Lipinski definition) is 2. The minimum Gasteiger partial charge on any atom is -0.346 e. The number of aromatic amines is 2. The normalized spacial score (nSPS) is 16.0. The summed E-state index contributed by atoms with van der Waals surface area (Å²) in [5, 5.41) is 8.98. The Morgan fingerprint density at radius 1 is 1.14 bits per heavy atom. The number of piperidine rings is 1. The van der Waals surface area contributed by atoms with Crippen LogP contribution in [0, 0.1) is 6.92 Å². The van der Waals surface area contributed by atoms with E-state index in [2.05, 4.69) is 56.3 Å². The van der Waals surface area contributed by atoms with E-state index in [0.29, 0.717) is 5.92 Å². The van der Waals surface area contributed by atoms with E-state index in [1.807, 2.05) is 24.7 Å². The Balaban J connectivity index is 1.23. The van der Waals surface area contributed by atoms with Crippen molar-refractivity contribution in [2.45, 2.75) is 32.2 Å². The highest BCUT2D eigenvalue weighted by Crippen LogP contribution is 2.30. The largest absolute Gasteiger partial charge is 0.346 e. The molecule has 1 aliphatic heterocycles. The fraction of sp³-hybridized carbons (Fsp3) is 0.318. The predicted molar refractivity (Wildman–Crippen MR) is 110 cm³/mol. The first-order valence-corrected chi connectivity index (χ1v) is 9.88. The highest BCUT2D eigenvalue weighted by Gasteiger charge is 2.23. The van der Waals surface area contributed by atoms with E-state index in [9.17, 15) is 0 Å². The fourth-order valence-electron chi connectivity index (χ4n) is 4.11. The highest BCUT2D eigenvalue weighted by atomic mass is 15.2. The van der Waals surface area contributed by atoms with E-state index in [1.165, 1.54) is 16.6 Å². The number of aryl methyl sites for hydroxylation is 1. The SMILES string of the molecule is Cc1ccncc1-c1cc(C2CCN(Cc3ccc4cc[nH]c4n3)CC2)[nH]n1. The van der Waals surface area contributed by atoms with Crippen LogP contribution in [0.2, 0.25) is 0 Å². The number of hydrogen-bond acceptors (Lipinski definition) is 4. The van der Waals surface area contributed by atoms with Crippen LogP contribution in [-0.4, -0.2) is 43.1 Å². The Bertz CT molecular complexity index is 1090. The van der Waals surface area contributed by atoms with E-state index >= 15 is 0 Å². The molecular weight excluding hydrogens is 348 g/mol. The molecule has 0 aromatic carbocycles. The lowest BCUT2D eigenvalue weighted by Gasteiger charge is -2.31. The van der Waals surface area contributed by atoms with E-state index in [4.69, 9.17) is 4.98 Å². The Morgan fingerprint density at radius 3 is 2.89 bits per heavy atom. The molecule has 6 nitrogen and oxygen atoms in total. The first-order chi connectivity index (χ1) is 13.8. The number of H-pyrrole nitrogens is 2. The molecule has 0 aliphatic carbocycles. The van der Waals surface area contributed by atoms with Gasteiger partial charge < -0.3 is 4.98 Å². The Hall–Kier alpha value is -2.99. The van der Waals surface area contributed by atoms with Crippen molar-refractivity contribution in [3.05, 3.63) is 65.9 Å². The van der Waals surface area contributed by atoms with Crippen LogP contribution < -0.4 is 0 Å². The van der Waals surface area contributed by atoms with Crippen LogP contribution in [0.3, 0.4) is 0 Å². The van der Waals surface area contributed by atoms with Gasteiger partial charge in [-0.15, -0.1) is 0 Å². The van der Waals surface area contributed by atoms with Crippen molar-refractivity contribution >= 4 is 11.0 Å². The number of likely N-dealkylation sites (tertiary alicyclic amines) is 1. The third-order valence-electron chi connectivity index (χ3n) is 5.79. The summed E-state index contributed by atoms with van der Waals surface area (Å²) >= 11 is 0. The number of nitrogens with one attached hydrogen (secondary N) is 2. The lowest BCUT2D eigenvalue weighted by Crippen LogP contribution is -2.32. The van der Waals surface area contributed by atoms with Crippen molar-refractivity contribution in [3.8, 4) is 11.3 Å². The molecule has 0 saturated carbocycles. The molecule has 2 N–H and O–H groups in total. The standard InChI is InChI=1S/C22H24N6/c1-15-4-8-23-13-19(15)21-12-20(26-27-21)16-6-10-28(11-7-16)14-18-3-2-17-5-9-24-22(17)25-18/h2-5,8-9,12-13,16H,6-7,10-11,14H2,1H3,(H,24,25)(H,26,27). The maximum atomic E-state index is 4.73. The lowest BCUT2D eigenvalue weighted by molar-refractivity contribution is 0.201. The summed E-state index contributed by atoms with van der Waals surface area (Å²) in [6, 6.07) is 10.6. The zero-order valence-corrected chi connectivity index (χ0v) is 16.0. The minimum absolute atomic E-state index is 0.535. The molecular formula is C22H24N6. The first-order valence-electron chi connectivity index (χ1n) is 9.88. The predicted octanol–water partition coefficient (Wildman–Crippen LogP) is 4.04.